The minimum atomic E-state index is 0.0747. The molecular weight excluding hydrogens is 168 g/mol. The van der Waals surface area contributed by atoms with Crippen LogP contribution in [0, 0.1) is 0 Å². The Bertz CT molecular complexity index is 164. The van der Waals surface area contributed by atoms with E-state index in [9.17, 15) is 0 Å². The molecule has 2 nitrogen and oxygen atoms in total. The number of hydrogen-bond acceptors (Lipinski definition) is 1. The Morgan fingerprint density at radius 1 is 1.58 bits per heavy atom. The molecule has 0 aromatic carbocycles. The zero-order chi connectivity index (χ0) is 9.61. The summed E-state index contributed by atoms with van der Waals surface area (Å²) in [6.07, 6.45) is 2.83. The van der Waals surface area contributed by atoms with Gasteiger partial charge in [-0.25, -0.2) is 0 Å². The third-order valence-corrected chi connectivity index (χ3v) is 1.99. The summed E-state index contributed by atoms with van der Waals surface area (Å²) in [5.74, 6) is 0. The molecule has 0 atom stereocenters. The van der Waals surface area contributed by atoms with Gasteiger partial charge >= 0.3 is 0 Å². The van der Waals surface area contributed by atoms with Crippen molar-refractivity contribution in [2.75, 3.05) is 6.54 Å². The minimum Gasteiger partial charge on any atom is -0.359 e. The lowest BCUT2D eigenvalue weighted by Crippen LogP contribution is -2.47. The molecule has 70 valence electrons. The van der Waals surface area contributed by atoms with E-state index in [1.165, 1.54) is 0 Å². The summed E-state index contributed by atoms with van der Waals surface area (Å²) in [4.78, 5) is 0. The van der Waals surface area contributed by atoms with Crippen LogP contribution in [0.4, 0.5) is 0 Å². The molecule has 0 aliphatic rings. The summed E-state index contributed by atoms with van der Waals surface area (Å²) in [5.41, 5.74) is 0.0747. The summed E-state index contributed by atoms with van der Waals surface area (Å²) < 4.78 is 0. The molecule has 0 aliphatic carbocycles. The molecule has 0 saturated heterocycles. The molecule has 0 unspecified atom stereocenters. The van der Waals surface area contributed by atoms with Gasteiger partial charge in [-0.1, -0.05) is 13.0 Å². The van der Waals surface area contributed by atoms with Gasteiger partial charge in [-0.2, -0.15) is 0 Å². The Balaban J connectivity index is 3.75. The van der Waals surface area contributed by atoms with Gasteiger partial charge in [0, 0.05) is 12.1 Å². The molecule has 0 amide bonds. The summed E-state index contributed by atoms with van der Waals surface area (Å²) in [6.45, 7) is 10.7. The number of hydrogen-bond donors (Lipinski definition) is 2. The first kappa shape index (κ1) is 11.4. The zero-order valence-corrected chi connectivity index (χ0v) is 8.92. The maximum atomic E-state index is 5.06. The van der Waals surface area contributed by atoms with Gasteiger partial charge in [0.1, 0.15) is 0 Å². The second kappa shape index (κ2) is 5.14. The lowest BCUT2D eigenvalue weighted by molar-refractivity contribution is 0.443. The third kappa shape index (κ3) is 5.13. The third-order valence-electron chi connectivity index (χ3n) is 1.74. The molecule has 2 N–H and O–H groups in total. The van der Waals surface area contributed by atoms with Crippen molar-refractivity contribution in [1.29, 1.82) is 0 Å². The fourth-order valence-corrected chi connectivity index (χ4v) is 0.964. The summed E-state index contributed by atoms with van der Waals surface area (Å²) >= 11 is 5.06. The predicted octanol–water partition coefficient (Wildman–Crippen LogP) is 1.83. The van der Waals surface area contributed by atoms with E-state index in [0.717, 1.165) is 6.42 Å². The van der Waals surface area contributed by atoms with Crippen molar-refractivity contribution in [2.24, 2.45) is 0 Å². The molecule has 0 saturated carbocycles. The lowest BCUT2D eigenvalue weighted by Gasteiger charge is -2.26. The number of nitrogens with one attached hydrogen (secondary N) is 2. The molecular formula is C9H18N2S. The van der Waals surface area contributed by atoms with E-state index in [1.54, 1.807) is 6.08 Å². The van der Waals surface area contributed by atoms with Crippen LogP contribution in [0.5, 0.6) is 0 Å². The Hall–Kier alpha value is -0.570. The molecule has 0 aliphatic heterocycles. The van der Waals surface area contributed by atoms with Crippen LogP contribution < -0.4 is 10.6 Å². The average molecular weight is 186 g/mol. The van der Waals surface area contributed by atoms with Crippen LogP contribution in [0.15, 0.2) is 12.7 Å². The van der Waals surface area contributed by atoms with Gasteiger partial charge in [-0.3, -0.25) is 0 Å². The Morgan fingerprint density at radius 2 is 2.17 bits per heavy atom. The van der Waals surface area contributed by atoms with Crippen molar-refractivity contribution in [3.05, 3.63) is 12.7 Å². The highest BCUT2D eigenvalue weighted by Crippen LogP contribution is 2.05. The molecule has 0 aromatic heterocycles. The average Bonchev–Trinajstić information content (AvgIpc) is 2.00. The van der Waals surface area contributed by atoms with E-state index in [4.69, 9.17) is 12.2 Å². The highest BCUT2D eigenvalue weighted by Gasteiger charge is 2.14. The fourth-order valence-electron chi connectivity index (χ4n) is 0.605. The van der Waals surface area contributed by atoms with E-state index in [-0.39, 0.29) is 5.54 Å². The molecule has 0 bridgehead atoms. The molecule has 3 heteroatoms. The molecule has 12 heavy (non-hydrogen) atoms. The zero-order valence-electron chi connectivity index (χ0n) is 8.11. The number of rotatable bonds is 4. The van der Waals surface area contributed by atoms with Crippen molar-refractivity contribution < 1.29 is 0 Å². The van der Waals surface area contributed by atoms with Crippen LogP contribution in [-0.4, -0.2) is 17.2 Å². The van der Waals surface area contributed by atoms with Crippen molar-refractivity contribution in [1.82, 2.24) is 10.6 Å². The van der Waals surface area contributed by atoms with Crippen molar-refractivity contribution in [2.45, 2.75) is 32.7 Å². The monoisotopic (exact) mass is 186 g/mol. The van der Waals surface area contributed by atoms with Gasteiger partial charge in [0.25, 0.3) is 0 Å². The first-order valence-electron chi connectivity index (χ1n) is 4.18. The summed E-state index contributed by atoms with van der Waals surface area (Å²) in [7, 11) is 0. The van der Waals surface area contributed by atoms with Gasteiger partial charge in [-0.05, 0) is 32.5 Å². The van der Waals surface area contributed by atoms with Gasteiger partial charge in [0.15, 0.2) is 5.11 Å². The van der Waals surface area contributed by atoms with Crippen LogP contribution in [-0.2, 0) is 0 Å². The molecule has 0 spiro atoms. The maximum Gasteiger partial charge on any atom is 0.166 e. The van der Waals surface area contributed by atoms with E-state index in [1.807, 2.05) is 0 Å². The van der Waals surface area contributed by atoms with Crippen molar-refractivity contribution in [3.63, 3.8) is 0 Å². The Morgan fingerprint density at radius 3 is 2.58 bits per heavy atom. The summed E-state index contributed by atoms with van der Waals surface area (Å²) in [5, 5.41) is 6.93. The minimum absolute atomic E-state index is 0.0747. The molecule has 0 radical (unpaired) electrons. The molecule has 0 heterocycles. The molecule has 0 aromatic rings. The highest BCUT2D eigenvalue weighted by atomic mass is 32.1. The smallest absolute Gasteiger partial charge is 0.166 e. The van der Waals surface area contributed by atoms with Crippen LogP contribution in [0.1, 0.15) is 27.2 Å². The lowest BCUT2D eigenvalue weighted by atomic mass is 10.0. The quantitative estimate of drug-likeness (QED) is 0.517. The second-order valence-corrected chi connectivity index (χ2v) is 3.77. The molecule has 0 fully saturated rings. The Kier molecular flexibility index (Phi) is 4.90. The maximum absolute atomic E-state index is 5.06. The van der Waals surface area contributed by atoms with E-state index in [2.05, 4.69) is 38.0 Å². The molecule has 0 rings (SSSR count). The Labute approximate surface area is 80.4 Å². The van der Waals surface area contributed by atoms with Crippen LogP contribution in [0.3, 0.4) is 0 Å². The van der Waals surface area contributed by atoms with Gasteiger partial charge in [-0.15, -0.1) is 6.58 Å². The van der Waals surface area contributed by atoms with E-state index >= 15 is 0 Å². The van der Waals surface area contributed by atoms with Crippen LogP contribution in [0.2, 0.25) is 0 Å². The first-order valence-corrected chi connectivity index (χ1v) is 4.59. The van der Waals surface area contributed by atoms with Crippen molar-refractivity contribution >= 4 is 17.3 Å². The standard InChI is InChI=1S/C9H18N2S/c1-5-7-10-8(12)11-9(3,4)6-2/h5H,1,6-7H2,2-4H3,(H2,10,11,12). The van der Waals surface area contributed by atoms with Crippen LogP contribution in [0.25, 0.3) is 0 Å². The number of thiocarbonyl (C=S) groups is 1. The predicted molar refractivity (Wildman–Crippen MR) is 58.3 cm³/mol. The van der Waals surface area contributed by atoms with Crippen LogP contribution >= 0.6 is 12.2 Å². The largest absolute Gasteiger partial charge is 0.359 e. The van der Waals surface area contributed by atoms with Gasteiger partial charge < -0.3 is 10.6 Å². The SMILES string of the molecule is C=CCNC(=S)NC(C)(C)CC. The van der Waals surface area contributed by atoms with Gasteiger partial charge in [0.2, 0.25) is 0 Å². The van der Waals surface area contributed by atoms with Gasteiger partial charge in [0.05, 0.1) is 0 Å². The summed E-state index contributed by atoms with van der Waals surface area (Å²) in [6, 6.07) is 0. The highest BCUT2D eigenvalue weighted by molar-refractivity contribution is 7.80. The van der Waals surface area contributed by atoms with E-state index < -0.39 is 0 Å². The van der Waals surface area contributed by atoms with E-state index in [0.29, 0.717) is 11.7 Å². The first-order chi connectivity index (χ1) is 5.52. The fraction of sp³-hybridized carbons (Fsp3) is 0.667. The topological polar surface area (TPSA) is 24.1 Å². The van der Waals surface area contributed by atoms with Crippen molar-refractivity contribution in [3.8, 4) is 0 Å². The second-order valence-electron chi connectivity index (χ2n) is 3.36. The normalized spacial score (nSPS) is 10.6.